The fourth-order valence-corrected chi connectivity index (χ4v) is 14.5. The standard InChI is InChI=1S/C71H86FN7O17/c1-34-14-13-15-35(2)69(88)74-56-63(86)52-51(53-65(39(6)61(52)84)96-71(8,68(53)87)93-27-21-49(91-11)36(3)64(94-40(7)80)38(5)60(83)37(4)59(34)82)55-66(56)95-50-29-44(28-48(81)54(50)73-55)76-23-19-42(20-24-76)77(26-25-75(9)10)31-41-18-22-78(32-41)58-47(72)30-45-57(67(58)92-12)79(43-16-17-43)33-46(62(45)85)70(89)90/h13-15,21,27-30,33-34,36-38,41-43,49,59-60,64,81-84H,16-20,22-26,31-32H2,1-12H3,(H,74,88)(H,89,90)/b14-13+,27-21+,35-15-/t34-,36+,37+,38+,41?,49-,59-,60+,64+,71-/m0/s1. The number of phenolic OH excluding ortho intramolecular Hbond substituents is 2. The van der Waals surface area contributed by atoms with Gasteiger partial charge in [0.15, 0.2) is 22.9 Å². The van der Waals surface area contributed by atoms with Gasteiger partial charge in [0.2, 0.25) is 10.9 Å². The second-order valence-electron chi connectivity index (χ2n) is 27.1. The summed E-state index contributed by atoms with van der Waals surface area (Å²) in [6.07, 6.45) is 8.37. The number of aliphatic hydroxyl groups is 2. The zero-order chi connectivity index (χ0) is 69.3. The van der Waals surface area contributed by atoms with Gasteiger partial charge in [0.05, 0.1) is 53.5 Å². The monoisotopic (exact) mass is 1330 g/mol. The van der Waals surface area contributed by atoms with E-state index < -0.39 is 117 Å². The lowest BCUT2D eigenvalue weighted by Gasteiger charge is -2.41. The van der Waals surface area contributed by atoms with Crippen LogP contribution in [0.1, 0.15) is 113 Å². The number of hydrogen-bond donors (Lipinski definition) is 6. The van der Waals surface area contributed by atoms with E-state index in [0.717, 1.165) is 51.3 Å². The lowest BCUT2D eigenvalue weighted by molar-refractivity contribution is -0.160. The van der Waals surface area contributed by atoms with Crippen LogP contribution in [-0.4, -0.2) is 179 Å². The van der Waals surface area contributed by atoms with Crippen LogP contribution in [-0.2, 0) is 23.8 Å². The fourth-order valence-electron chi connectivity index (χ4n) is 14.5. The second kappa shape index (κ2) is 27.1. The third kappa shape index (κ3) is 12.7. The van der Waals surface area contributed by atoms with Gasteiger partial charge in [0, 0.05) is 143 Å². The summed E-state index contributed by atoms with van der Waals surface area (Å²) in [4.78, 5) is 96.5. The Hall–Kier alpha value is -8.62. The number of fused-ring (bicyclic) bond motifs is 15. The van der Waals surface area contributed by atoms with Gasteiger partial charge in [-0.2, -0.15) is 0 Å². The highest BCUT2D eigenvalue weighted by Gasteiger charge is 2.50. The number of likely N-dealkylation sites (N-methyl/N-ethyl adjacent to an activating group) is 1. The Balaban J connectivity index is 0.920. The van der Waals surface area contributed by atoms with Crippen molar-refractivity contribution in [3.8, 4) is 34.5 Å². The van der Waals surface area contributed by atoms with Crippen LogP contribution in [0.2, 0.25) is 0 Å². The number of halogens is 1. The average molecular weight is 1330 g/mol. The first-order valence-electron chi connectivity index (χ1n) is 32.8. The number of hydrogen-bond acceptors (Lipinski definition) is 21. The van der Waals surface area contributed by atoms with Crippen LogP contribution in [0, 0.1) is 42.3 Å². The van der Waals surface area contributed by atoms with E-state index in [2.05, 4.69) is 20.0 Å². The number of aromatic nitrogens is 2. The number of aliphatic hydroxyl groups excluding tert-OH is 2. The predicted octanol–water partition coefficient (Wildman–Crippen LogP) is 8.51. The Morgan fingerprint density at radius 1 is 0.885 bits per heavy atom. The minimum atomic E-state index is -2.14. The molecule has 25 heteroatoms. The maximum Gasteiger partial charge on any atom is 0.341 e. The molecule has 2 saturated heterocycles. The van der Waals surface area contributed by atoms with E-state index in [9.17, 15) is 44.7 Å². The summed E-state index contributed by atoms with van der Waals surface area (Å²) >= 11 is 0. The van der Waals surface area contributed by atoms with Crippen LogP contribution in [0.5, 0.6) is 23.0 Å². The molecule has 4 aromatic rings. The predicted molar refractivity (Wildman–Crippen MR) is 358 cm³/mol. The fraction of sp³-hybridized carbons (Fsp3) is 0.507. The minimum Gasteiger partial charge on any atom is -0.507 e. The molecule has 1 saturated carbocycles. The Labute approximate surface area is 554 Å². The molecule has 0 radical (unpaired) electrons. The van der Waals surface area contributed by atoms with Crippen LogP contribution in [0.3, 0.4) is 0 Å². The van der Waals surface area contributed by atoms with Crippen LogP contribution in [0.25, 0.3) is 44.2 Å². The van der Waals surface area contributed by atoms with Gasteiger partial charge in [-0.05, 0) is 78.1 Å². The first-order valence-corrected chi connectivity index (χ1v) is 32.8. The number of rotatable bonds is 13. The van der Waals surface area contributed by atoms with Crippen LogP contribution >= 0.6 is 0 Å². The molecule has 6 aliphatic heterocycles. The van der Waals surface area contributed by atoms with Crippen molar-refractivity contribution in [3.63, 3.8) is 0 Å². The van der Waals surface area contributed by atoms with E-state index in [4.69, 9.17) is 33.1 Å². The molecule has 6 N–H and O–H groups in total. The van der Waals surface area contributed by atoms with Gasteiger partial charge in [-0.15, -0.1) is 0 Å². The van der Waals surface area contributed by atoms with E-state index in [-0.39, 0.29) is 91.0 Å². The molecule has 10 atom stereocenters. The average Bonchev–Trinajstić information content (AvgIpc) is 1.35. The number of nitrogens with one attached hydrogen (secondary N) is 1. The number of ether oxygens (including phenoxy) is 5. The van der Waals surface area contributed by atoms with Crippen molar-refractivity contribution in [2.75, 3.05) is 89.2 Å². The van der Waals surface area contributed by atoms with E-state index in [1.165, 1.54) is 66.5 Å². The molecule has 1 aromatic heterocycles. The molecule has 3 fully saturated rings. The molecule has 7 heterocycles. The summed E-state index contributed by atoms with van der Waals surface area (Å²) in [6, 6.07) is 4.49. The van der Waals surface area contributed by atoms with Gasteiger partial charge in [-0.25, -0.2) is 14.2 Å². The number of aromatic carboxylic acids is 1. The summed E-state index contributed by atoms with van der Waals surface area (Å²) in [5.74, 6) is -10.1. The Morgan fingerprint density at radius 3 is 2.25 bits per heavy atom. The molecule has 96 heavy (non-hydrogen) atoms. The molecule has 12 rings (SSSR count). The SMILES string of the molecule is COc1c(N2CCC(CN(CCN(C)C)C3CCN(c4cc(O)c5nc6c7c8c9c(C)c(O)c7c(=O)c(c-6oc5c4)NC(=O)/C(C)=C\C=C\[C@H](C)[C@H](O)[C@@H](C)[C@@H](O)[C@@H](C)[C@H](OC(C)=O)[C@H](C)[C@@H](OC)/C=C/O[C@@](C)(O9)C8=O)CC3)C2)c(F)cc2c(=O)c(C(=O)O)cn(C3CC3)c12. The van der Waals surface area contributed by atoms with Crippen molar-refractivity contribution in [1.82, 2.24) is 19.4 Å². The highest BCUT2D eigenvalue weighted by atomic mass is 19.1. The summed E-state index contributed by atoms with van der Waals surface area (Å²) in [6.45, 7) is 16.8. The van der Waals surface area contributed by atoms with E-state index in [1.54, 1.807) is 56.5 Å². The third-order valence-corrected chi connectivity index (χ3v) is 20.3. The number of aromatic hydroxyl groups is 2. The van der Waals surface area contributed by atoms with E-state index in [0.29, 0.717) is 43.9 Å². The lowest BCUT2D eigenvalue weighted by atomic mass is 9.78. The van der Waals surface area contributed by atoms with E-state index >= 15 is 14.0 Å². The number of benzene rings is 4. The van der Waals surface area contributed by atoms with Gasteiger partial charge in [-0.1, -0.05) is 45.9 Å². The van der Waals surface area contributed by atoms with Gasteiger partial charge >= 0.3 is 17.7 Å². The summed E-state index contributed by atoms with van der Waals surface area (Å²) in [7, 11) is 6.90. The number of ketones is 1. The molecular weight excluding hydrogens is 1240 g/mol. The number of phenols is 2. The van der Waals surface area contributed by atoms with Crippen molar-refractivity contribution in [1.29, 1.82) is 0 Å². The van der Waals surface area contributed by atoms with Crippen molar-refractivity contribution in [3.05, 3.63) is 103 Å². The Kier molecular flexibility index (Phi) is 19.4. The highest BCUT2D eigenvalue weighted by Crippen LogP contribution is 2.52. The topological polar surface area (TPSA) is 306 Å². The number of methoxy groups -OCH3 is 2. The third-order valence-electron chi connectivity index (χ3n) is 20.3. The van der Waals surface area contributed by atoms with Crippen LogP contribution in [0.4, 0.5) is 21.5 Å². The quantitative estimate of drug-likeness (QED) is 0.0358. The lowest BCUT2D eigenvalue weighted by Crippen LogP contribution is -2.48. The molecule has 8 aliphatic rings. The largest absolute Gasteiger partial charge is 0.507 e. The molecule has 2 aliphatic carbocycles. The molecular formula is C71H86FN7O17. The number of allylic oxidation sites excluding steroid dienone is 2. The number of carboxylic acid groups (broad SMARTS) is 1. The van der Waals surface area contributed by atoms with Gasteiger partial charge in [0.1, 0.15) is 51.5 Å². The normalized spacial score (nSPS) is 26.8. The van der Waals surface area contributed by atoms with Crippen molar-refractivity contribution < 1.29 is 77.2 Å². The number of nitrogens with zero attached hydrogens (tertiary/aromatic N) is 6. The number of anilines is 3. The smallest absolute Gasteiger partial charge is 0.341 e. The van der Waals surface area contributed by atoms with Crippen molar-refractivity contribution in [2.24, 2.45) is 29.6 Å². The van der Waals surface area contributed by atoms with Gasteiger partial charge < -0.3 is 78.2 Å². The van der Waals surface area contributed by atoms with Crippen molar-refractivity contribution in [2.45, 2.75) is 130 Å². The zero-order valence-corrected chi connectivity index (χ0v) is 56.2. The number of carbonyl (C=O) groups excluding carboxylic acids is 3. The Bertz CT molecular complexity index is 4270. The number of amides is 1. The van der Waals surface area contributed by atoms with Crippen LogP contribution in [0.15, 0.2) is 74.5 Å². The molecule has 514 valence electrons. The first-order chi connectivity index (χ1) is 45.6. The number of carboxylic acids is 1. The summed E-state index contributed by atoms with van der Waals surface area (Å²) in [5.41, 5.74) is -1.68. The maximum absolute atomic E-state index is 16.5. The number of pyridine rings is 1. The summed E-state index contributed by atoms with van der Waals surface area (Å²) in [5, 5.41) is 59.5. The highest BCUT2D eigenvalue weighted by molar-refractivity contribution is 6.22. The molecule has 5 bridgehead atoms. The van der Waals surface area contributed by atoms with Crippen molar-refractivity contribution >= 4 is 73.5 Å². The van der Waals surface area contributed by atoms with Gasteiger partial charge in [-0.3, -0.25) is 28.9 Å². The van der Waals surface area contributed by atoms with Crippen LogP contribution < -0.4 is 35.4 Å². The Morgan fingerprint density at radius 2 is 1.59 bits per heavy atom. The number of carbonyl (C=O) groups is 4. The molecule has 1 unspecified atom stereocenters. The van der Waals surface area contributed by atoms with E-state index in [1.807, 2.05) is 19.0 Å². The maximum atomic E-state index is 16.5. The number of Topliss-reactive ketones (excluding diaryl/α,β-unsaturated/α-hetero) is 1. The minimum absolute atomic E-state index is 0.00753. The first kappa shape index (κ1) is 68.8. The number of piperidine rings is 1. The zero-order valence-electron chi connectivity index (χ0n) is 56.2. The number of esters is 1. The summed E-state index contributed by atoms with van der Waals surface area (Å²) < 4.78 is 55.0. The molecule has 1 amide bonds. The van der Waals surface area contributed by atoms with Gasteiger partial charge in [0.25, 0.3) is 11.7 Å². The molecule has 24 nitrogen and oxygen atoms in total. The second-order valence-corrected chi connectivity index (χ2v) is 27.1. The molecule has 0 spiro atoms. The molecule has 3 aromatic carbocycles.